The lowest BCUT2D eigenvalue weighted by atomic mass is 10.1. The summed E-state index contributed by atoms with van der Waals surface area (Å²) in [5.41, 5.74) is 0. The second kappa shape index (κ2) is 11.2. The number of hydrogen-bond donors (Lipinski definition) is 0. The lowest BCUT2D eigenvalue weighted by Crippen LogP contribution is -2.30. The normalized spacial score (nSPS) is 12.0. The van der Waals surface area contributed by atoms with E-state index < -0.39 is 8.32 Å². The molecule has 0 rings (SSSR count). The van der Waals surface area contributed by atoms with Crippen LogP contribution in [0.1, 0.15) is 58.3 Å². The summed E-state index contributed by atoms with van der Waals surface area (Å²) in [7, 11) is 0.265. The Morgan fingerprint density at radius 1 is 0.824 bits per heavy atom. The van der Waals surface area contributed by atoms with Gasteiger partial charge in [0, 0.05) is 7.11 Å². The number of unbranched alkanes of at least 4 members (excludes halogenated alkanes) is 7. The molecule has 0 fully saturated rings. The van der Waals surface area contributed by atoms with Crippen LogP contribution in [0.25, 0.3) is 0 Å². The van der Waals surface area contributed by atoms with Gasteiger partial charge in [0.15, 0.2) is 8.32 Å². The predicted molar refractivity (Wildman–Crippen MR) is 77.9 cm³/mol. The monoisotopic (exact) mass is 260 g/mol. The molecule has 0 aliphatic heterocycles. The van der Waals surface area contributed by atoms with Crippen LogP contribution in [0.5, 0.6) is 0 Å². The first kappa shape index (κ1) is 17.1. The van der Waals surface area contributed by atoms with E-state index in [-0.39, 0.29) is 0 Å². The van der Waals surface area contributed by atoms with Gasteiger partial charge >= 0.3 is 0 Å². The summed E-state index contributed by atoms with van der Waals surface area (Å²) < 4.78 is 10.7. The van der Waals surface area contributed by atoms with Crippen LogP contribution in [-0.4, -0.2) is 22.2 Å². The van der Waals surface area contributed by atoms with Gasteiger partial charge in [0.05, 0.1) is 0 Å². The van der Waals surface area contributed by atoms with Crippen LogP contribution in [-0.2, 0) is 9.16 Å². The molecule has 0 aromatic carbocycles. The SMILES string of the molecule is CCCCCCCCCC[Si](C)(C)OCOC. The minimum absolute atomic E-state index is 0.468. The van der Waals surface area contributed by atoms with Gasteiger partial charge < -0.3 is 9.16 Å². The Morgan fingerprint density at radius 2 is 1.35 bits per heavy atom. The number of methoxy groups -OCH3 is 1. The van der Waals surface area contributed by atoms with Crippen LogP contribution in [0.2, 0.25) is 19.1 Å². The van der Waals surface area contributed by atoms with Crippen molar-refractivity contribution in [3.05, 3.63) is 0 Å². The molecule has 0 amide bonds. The van der Waals surface area contributed by atoms with Crippen molar-refractivity contribution in [1.29, 1.82) is 0 Å². The van der Waals surface area contributed by atoms with Crippen molar-refractivity contribution in [1.82, 2.24) is 0 Å². The van der Waals surface area contributed by atoms with Gasteiger partial charge in [-0.2, -0.15) is 0 Å². The summed E-state index contributed by atoms with van der Waals surface area (Å²) in [4.78, 5) is 0. The largest absolute Gasteiger partial charge is 0.395 e. The van der Waals surface area contributed by atoms with Crippen molar-refractivity contribution < 1.29 is 9.16 Å². The van der Waals surface area contributed by atoms with Crippen molar-refractivity contribution in [2.24, 2.45) is 0 Å². The van der Waals surface area contributed by atoms with E-state index in [1.165, 1.54) is 57.4 Å². The first-order chi connectivity index (χ1) is 8.12. The molecule has 3 heteroatoms. The topological polar surface area (TPSA) is 18.5 Å². The molecular weight excluding hydrogens is 228 g/mol. The third-order valence-electron chi connectivity index (χ3n) is 3.20. The Labute approximate surface area is 109 Å². The minimum Gasteiger partial charge on any atom is -0.395 e. The van der Waals surface area contributed by atoms with Crippen LogP contribution >= 0.6 is 0 Å². The van der Waals surface area contributed by atoms with Gasteiger partial charge in [-0.3, -0.25) is 0 Å². The molecule has 2 nitrogen and oxygen atoms in total. The maximum Gasteiger partial charge on any atom is 0.189 e. The zero-order valence-electron chi connectivity index (χ0n) is 12.4. The van der Waals surface area contributed by atoms with E-state index in [4.69, 9.17) is 9.16 Å². The second-order valence-corrected chi connectivity index (χ2v) is 9.84. The highest BCUT2D eigenvalue weighted by molar-refractivity contribution is 6.71. The van der Waals surface area contributed by atoms with Crippen LogP contribution in [0.3, 0.4) is 0 Å². The molecule has 0 N–H and O–H groups in total. The number of ether oxygens (including phenoxy) is 1. The van der Waals surface area contributed by atoms with E-state index in [0.717, 1.165) is 0 Å². The van der Waals surface area contributed by atoms with Crippen LogP contribution in [0, 0.1) is 0 Å². The summed E-state index contributed by atoms with van der Waals surface area (Å²) >= 11 is 0. The third kappa shape index (κ3) is 12.4. The molecule has 17 heavy (non-hydrogen) atoms. The minimum atomic E-state index is -1.43. The first-order valence-corrected chi connectivity index (χ1v) is 10.4. The first-order valence-electron chi connectivity index (χ1n) is 7.25. The Bertz CT molecular complexity index is 160. The van der Waals surface area contributed by atoms with Crippen molar-refractivity contribution in [3.8, 4) is 0 Å². The van der Waals surface area contributed by atoms with Crippen molar-refractivity contribution in [2.75, 3.05) is 13.9 Å². The van der Waals surface area contributed by atoms with E-state index >= 15 is 0 Å². The molecule has 0 bridgehead atoms. The molecule has 0 aromatic rings. The molecule has 0 unspecified atom stereocenters. The van der Waals surface area contributed by atoms with Gasteiger partial charge in [-0.05, 0) is 19.1 Å². The maximum absolute atomic E-state index is 5.75. The van der Waals surface area contributed by atoms with E-state index in [0.29, 0.717) is 6.79 Å². The van der Waals surface area contributed by atoms with Crippen molar-refractivity contribution in [3.63, 3.8) is 0 Å². The standard InChI is InChI=1S/C14H32O2Si/c1-5-6-7-8-9-10-11-12-13-17(3,4)16-14-15-2/h5-14H2,1-4H3. The van der Waals surface area contributed by atoms with Gasteiger partial charge in [0.1, 0.15) is 6.79 Å². The van der Waals surface area contributed by atoms with Crippen LogP contribution in [0.15, 0.2) is 0 Å². The van der Waals surface area contributed by atoms with Gasteiger partial charge in [-0.15, -0.1) is 0 Å². The quantitative estimate of drug-likeness (QED) is 0.281. The van der Waals surface area contributed by atoms with Crippen LogP contribution < -0.4 is 0 Å². The lowest BCUT2D eigenvalue weighted by molar-refractivity contribution is 0.0445. The molecule has 0 aliphatic carbocycles. The van der Waals surface area contributed by atoms with Gasteiger partial charge in [0.2, 0.25) is 0 Å². The van der Waals surface area contributed by atoms with Gasteiger partial charge in [-0.25, -0.2) is 0 Å². The zero-order chi connectivity index (χ0) is 13.0. The molecule has 0 saturated heterocycles. The summed E-state index contributed by atoms with van der Waals surface area (Å²) in [5, 5.41) is 0. The Kier molecular flexibility index (Phi) is 11.3. The third-order valence-corrected chi connectivity index (χ3v) is 5.66. The number of hydrogen-bond acceptors (Lipinski definition) is 2. The molecule has 0 atom stereocenters. The highest BCUT2D eigenvalue weighted by atomic mass is 28.4. The summed E-state index contributed by atoms with van der Waals surface area (Å²) in [6, 6.07) is 1.27. The molecule has 0 radical (unpaired) electrons. The summed E-state index contributed by atoms with van der Waals surface area (Å²) in [6.07, 6.45) is 11.1. The lowest BCUT2D eigenvalue weighted by Gasteiger charge is -2.22. The van der Waals surface area contributed by atoms with Crippen molar-refractivity contribution in [2.45, 2.75) is 77.4 Å². The second-order valence-electron chi connectivity index (χ2n) is 5.54. The van der Waals surface area contributed by atoms with E-state index in [2.05, 4.69) is 20.0 Å². The molecule has 0 heterocycles. The number of rotatable bonds is 12. The smallest absolute Gasteiger partial charge is 0.189 e. The molecule has 0 saturated carbocycles. The highest BCUT2D eigenvalue weighted by Crippen LogP contribution is 2.17. The van der Waals surface area contributed by atoms with E-state index in [1.54, 1.807) is 7.11 Å². The Hall–Kier alpha value is 0.137. The maximum atomic E-state index is 5.75. The Balaban J connectivity index is 3.26. The van der Waals surface area contributed by atoms with Crippen molar-refractivity contribution >= 4 is 8.32 Å². The zero-order valence-corrected chi connectivity index (χ0v) is 13.4. The Morgan fingerprint density at radius 3 is 1.88 bits per heavy atom. The van der Waals surface area contributed by atoms with Gasteiger partial charge in [0.25, 0.3) is 0 Å². The van der Waals surface area contributed by atoms with E-state index in [1.807, 2.05) is 0 Å². The summed E-state index contributed by atoms with van der Waals surface area (Å²) in [5.74, 6) is 0. The molecule has 0 aromatic heterocycles. The van der Waals surface area contributed by atoms with E-state index in [9.17, 15) is 0 Å². The summed E-state index contributed by atoms with van der Waals surface area (Å²) in [6.45, 7) is 7.31. The van der Waals surface area contributed by atoms with Gasteiger partial charge in [-0.1, -0.05) is 58.3 Å². The van der Waals surface area contributed by atoms with Crippen LogP contribution in [0.4, 0.5) is 0 Å². The fraction of sp³-hybridized carbons (Fsp3) is 1.00. The molecule has 0 spiro atoms. The average Bonchev–Trinajstić information content (AvgIpc) is 2.30. The predicted octanol–water partition coefficient (Wildman–Crippen LogP) is 4.95. The average molecular weight is 260 g/mol. The molecule has 0 aliphatic rings. The molecular formula is C14H32O2Si. The molecule has 104 valence electrons. The highest BCUT2D eigenvalue weighted by Gasteiger charge is 2.21. The fourth-order valence-electron chi connectivity index (χ4n) is 1.98. The fourth-order valence-corrected chi connectivity index (χ4v) is 3.66.